The van der Waals surface area contributed by atoms with Crippen LogP contribution in [0.5, 0.6) is 0 Å². The van der Waals surface area contributed by atoms with Gasteiger partial charge in [0.1, 0.15) is 5.82 Å². The summed E-state index contributed by atoms with van der Waals surface area (Å²) in [5.74, 6) is 0.894. The van der Waals surface area contributed by atoms with Crippen molar-refractivity contribution in [2.45, 2.75) is 57.9 Å². The zero-order chi connectivity index (χ0) is 16.2. The molecule has 1 fully saturated rings. The van der Waals surface area contributed by atoms with Crippen molar-refractivity contribution in [1.29, 1.82) is 0 Å². The highest BCUT2D eigenvalue weighted by molar-refractivity contribution is 5.89. The Bertz CT molecular complexity index is 496. The van der Waals surface area contributed by atoms with Crippen LogP contribution in [0, 0.1) is 5.92 Å². The normalized spacial score (nSPS) is 22.2. The molecule has 0 spiro atoms. The van der Waals surface area contributed by atoms with Gasteiger partial charge in [-0.05, 0) is 12.8 Å². The van der Waals surface area contributed by atoms with Gasteiger partial charge in [-0.1, -0.05) is 33.6 Å². The molecule has 0 aromatic carbocycles. The predicted molar refractivity (Wildman–Crippen MR) is 85.7 cm³/mol. The van der Waals surface area contributed by atoms with Crippen LogP contribution in [0.15, 0.2) is 12.4 Å². The number of aromatic nitrogens is 2. The zero-order valence-electron chi connectivity index (χ0n) is 13.6. The largest absolute Gasteiger partial charge is 0.396 e. The maximum absolute atomic E-state index is 12.1. The number of nitrogens with one attached hydrogen (secondary N) is 2. The molecule has 1 heterocycles. The third-order valence-corrected chi connectivity index (χ3v) is 4.04. The summed E-state index contributed by atoms with van der Waals surface area (Å²) < 4.78 is 0. The highest BCUT2D eigenvalue weighted by atomic mass is 16.3. The fourth-order valence-electron chi connectivity index (χ4n) is 2.73. The summed E-state index contributed by atoms with van der Waals surface area (Å²) in [5.41, 5.74) is 0.457. The van der Waals surface area contributed by atoms with Gasteiger partial charge in [0, 0.05) is 24.0 Å². The van der Waals surface area contributed by atoms with E-state index in [9.17, 15) is 9.90 Å². The van der Waals surface area contributed by atoms with Crippen LogP contribution in [0.1, 0.15) is 52.3 Å². The Hall–Kier alpha value is -1.69. The quantitative estimate of drug-likeness (QED) is 0.800. The number of aliphatic hydroxyl groups excluding tert-OH is 1. The minimum Gasteiger partial charge on any atom is -0.396 e. The molecule has 1 aliphatic carbocycles. The zero-order valence-corrected chi connectivity index (χ0v) is 13.6. The third-order valence-electron chi connectivity index (χ3n) is 4.04. The van der Waals surface area contributed by atoms with Gasteiger partial charge in [-0.15, -0.1) is 0 Å². The number of aliphatic hydroxyl groups is 1. The highest BCUT2D eigenvalue weighted by Gasteiger charge is 2.26. The van der Waals surface area contributed by atoms with E-state index in [0.29, 0.717) is 5.69 Å². The fraction of sp³-hybridized carbons (Fsp3) is 0.688. The Labute approximate surface area is 131 Å². The van der Waals surface area contributed by atoms with Crippen LogP contribution in [0.3, 0.4) is 0 Å². The maximum Gasteiger partial charge on any atom is 0.319 e. The van der Waals surface area contributed by atoms with Crippen LogP contribution in [-0.2, 0) is 5.41 Å². The van der Waals surface area contributed by atoms with Crippen LogP contribution in [0.2, 0.25) is 0 Å². The van der Waals surface area contributed by atoms with Gasteiger partial charge in [0.15, 0.2) is 0 Å². The Morgan fingerprint density at radius 1 is 1.27 bits per heavy atom. The first-order valence-electron chi connectivity index (χ1n) is 7.91. The van der Waals surface area contributed by atoms with Crippen LogP contribution < -0.4 is 10.6 Å². The molecule has 0 saturated heterocycles. The number of hydrogen-bond donors (Lipinski definition) is 3. The third kappa shape index (κ3) is 4.40. The highest BCUT2D eigenvalue weighted by Crippen LogP contribution is 2.24. The Kier molecular flexibility index (Phi) is 5.34. The number of rotatable bonds is 3. The Balaban J connectivity index is 1.91. The molecule has 1 aliphatic rings. The van der Waals surface area contributed by atoms with Crippen molar-refractivity contribution >= 4 is 11.7 Å². The van der Waals surface area contributed by atoms with E-state index < -0.39 is 0 Å². The minimum absolute atomic E-state index is 0.0357. The first-order chi connectivity index (χ1) is 10.4. The standard InChI is InChI=1S/C16H26N4O2/c1-16(2,3)14-17-8-12(9-18-14)19-15(22)20-13-7-5-4-6-11(13)10-21/h8-9,11,13,21H,4-7,10H2,1-3H3,(H2,19,20,22). The summed E-state index contributed by atoms with van der Waals surface area (Å²) in [4.78, 5) is 20.6. The molecule has 1 saturated carbocycles. The SMILES string of the molecule is CC(C)(C)c1ncc(NC(=O)NC2CCCCC2CO)cn1. The predicted octanol–water partition coefficient (Wildman–Crippen LogP) is 2.45. The first kappa shape index (κ1) is 16.7. The van der Waals surface area contributed by atoms with Crippen molar-refractivity contribution in [2.24, 2.45) is 5.92 Å². The molecule has 0 aliphatic heterocycles. The number of carbonyl (C=O) groups is 1. The number of amides is 2. The molecule has 22 heavy (non-hydrogen) atoms. The van der Waals surface area contributed by atoms with E-state index in [-0.39, 0.29) is 30.0 Å². The molecule has 0 bridgehead atoms. The summed E-state index contributed by atoms with van der Waals surface area (Å²) in [6.45, 7) is 6.25. The van der Waals surface area contributed by atoms with Gasteiger partial charge < -0.3 is 15.7 Å². The molecule has 2 unspecified atom stereocenters. The van der Waals surface area contributed by atoms with Crippen LogP contribution >= 0.6 is 0 Å². The van der Waals surface area contributed by atoms with Crippen molar-refractivity contribution in [1.82, 2.24) is 15.3 Å². The van der Waals surface area contributed by atoms with Crippen molar-refractivity contribution in [3.05, 3.63) is 18.2 Å². The van der Waals surface area contributed by atoms with Crippen molar-refractivity contribution in [3.63, 3.8) is 0 Å². The van der Waals surface area contributed by atoms with E-state index in [1.807, 2.05) is 20.8 Å². The van der Waals surface area contributed by atoms with Gasteiger partial charge in [-0.3, -0.25) is 0 Å². The minimum atomic E-state index is -0.266. The Morgan fingerprint density at radius 2 is 1.91 bits per heavy atom. The van der Waals surface area contributed by atoms with Gasteiger partial charge >= 0.3 is 6.03 Å². The van der Waals surface area contributed by atoms with E-state index in [4.69, 9.17) is 0 Å². The monoisotopic (exact) mass is 306 g/mol. The van der Waals surface area contributed by atoms with E-state index in [1.54, 1.807) is 12.4 Å². The average Bonchev–Trinajstić information content (AvgIpc) is 2.47. The topological polar surface area (TPSA) is 87.1 Å². The van der Waals surface area contributed by atoms with E-state index in [2.05, 4.69) is 20.6 Å². The van der Waals surface area contributed by atoms with Crippen molar-refractivity contribution in [2.75, 3.05) is 11.9 Å². The molecule has 1 aromatic rings. The fourth-order valence-corrected chi connectivity index (χ4v) is 2.73. The average molecular weight is 306 g/mol. The van der Waals surface area contributed by atoms with Crippen molar-refractivity contribution < 1.29 is 9.90 Å². The van der Waals surface area contributed by atoms with Gasteiger partial charge in [0.25, 0.3) is 0 Å². The van der Waals surface area contributed by atoms with E-state index in [1.165, 1.54) is 0 Å². The second-order valence-corrected chi connectivity index (χ2v) is 6.98. The molecule has 2 rings (SSSR count). The second-order valence-electron chi connectivity index (χ2n) is 6.98. The first-order valence-corrected chi connectivity index (χ1v) is 7.91. The Morgan fingerprint density at radius 3 is 2.50 bits per heavy atom. The maximum atomic E-state index is 12.1. The number of anilines is 1. The lowest BCUT2D eigenvalue weighted by atomic mass is 9.85. The summed E-state index contributed by atoms with van der Waals surface area (Å²) in [6, 6.07) is -0.231. The number of urea groups is 1. The number of hydrogen-bond acceptors (Lipinski definition) is 4. The molecule has 2 amide bonds. The molecule has 3 N–H and O–H groups in total. The molecular formula is C16H26N4O2. The molecule has 2 atom stereocenters. The summed E-state index contributed by atoms with van der Waals surface area (Å²) in [6.07, 6.45) is 7.33. The lowest BCUT2D eigenvalue weighted by Crippen LogP contribution is -2.45. The lowest BCUT2D eigenvalue weighted by molar-refractivity contribution is 0.156. The lowest BCUT2D eigenvalue weighted by Gasteiger charge is -2.30. The van der Waals surface area contributed by atoms with E-state index >= 15 is 0 Å². The molecular weight excluding hydrogens is 280 g/mol. The van der Waals surface area contributed by atoms with Gasteiger partial charge in [0.05, 0.1) is 18.1 Å². The molecule has 1 aromatic heterocycles. The van der Waals surface area contributed by atoms with Crippen LogP contribution in [0.4, 0.5) is 10.5 Å². The number of nitrogens with zero attached hydrogens (tertiary/aromatic N) is 2. The van der Waals surface area contributed by atoms with E-state index in [0.717, 1.165) is 31.5 Å². The molecule has 0 radical (unpaired) electrons. The number of carbonyl (C=O) groups excluding carboxylic acids is 1. The summed E-state index contributed by atoms with van der Waals surface area (Å²) in [5, 5.41) is 15.1. The van der Waals surface area contributed by atoms with Crippen LogP contribution in [0.25, 0.3) is 0 Å². The van der Waals surface area contributed by atoms with Gasteiger partial charge in [0.2, 0.25) is 0 Å². The summed E-state index contributed by atoms with van der Waals surface area (Å²) >= 11 is 0. The van der Waals surface area contributed by atoms with Gasteiger partial charge in [-0.2, -0.15) is 0 Å². The van der Waals surface area contributed by atoms with Crippen LogP contribution in [-0.4, -0.2) is 33.8 Å². The summed E-state index contributed by atoms with van der Waals surface area (Å²) in [7, 11) is 0. The molecule has 122 valence electrons. The molecule has 6 heteroatoms. The van der Waals surface area contributed by atoms with Crippen molar-refractivity contribution in [3.8, 4) is 0 Å². The second kappa shape index (κ2) is 7.05. The van der Waals surface area contributed by atoms with Gasteiger partial charge in [-0.25, -0.2) is 14.8 Å². The molecule has 6 nitrogen and oxygen atoms in total. The smallest absolute Gasteiger partial charge is 0.319 e.